The SMILES string of the molecule is O=C1[C@@H]2CCCC[C@H]2C(=O)N1c1nn(Cc2ccc(Cl)cc2Cl)cc1Br. The summed E-state index contributed by atoms with van der Waals surface area (Å²) in [6, 6.07) is 5.27. The second kappa shape index (κ2) is 6.98. The Balaban J connectivity index is 1.62. The van der Waals surface area contributed by atoms with Crippen LogP contribution in [0.2, 0.25) is 10.0 Å². The summed E-state index contributed by atoms with van der Waals surface area (Å²) in [5.41, 5.74) is 0.852. The van der Waals surface area contributed by atoms with E-state index in [1.807, 2.05) is 6.07 Å². The number of aromatic nitrogens is 2. The average Bonchev–Trinajstić information content (AvgIpc) is 3.08. The van der Waals surface area contributed by atoms with E-state index in [-0.39, 0.29) is 23.7 Å². The Kier molecular flexibility index (Phi) is 4.84. The first-order chi connectivity index (χ1) is 12.5. The Morgan fingerprint density at radius 3 is 2.38 bits per heavy atom. The van der Waals surface area contributed by atoms with Crippen LogP contribution < -0.4 is 4.90 Å². The predicted molar refractivity (Wildman–Crippen MR) is 103 cm³/mol. The number of hydrogen-bond donors (Lipinski definition) is 0. The molecule has 8 heteroatoms. The van der Waals surface area contributed by atoms with Crippen LogP contribution in [0.3, 0.4) is 0 Å². The van der Waals surface area contributed by atoms with Crippen molar-refractivity contribution in [1.29, 1.82) is 0 Å². The molecule has 2 aromatic rings. The van der Waals surface area contributed by atoms with Gasteiger partial charge in [-0.3, -0.25) is 14.3 Å². The molecule has 0 radical (unpaired) electrons. The number of amides is 2. The zero-order chi connectivity index (χ0) is 18.4. The molecule has 1 saturated carbocycles. The molecule has 1 saturated heterocycles. The number of carbonyl (C=O) groups is 2. The monoisotopic (exact) mass is 455 g/mol. The van der Waals surface area contributed by atoms with E-state index in [0.717, 1.165) is 31.2 Å². The van der Waals surface area contributed by atoms with Gasteiger partial charge in [-0.1, -0.05) is 42.1 Å². The average molecular weight is 457 g/mol. The summed E-state index contributed by atoms with van der Waals surface area (Å²) in [6.45, 7) is 0.414. The molecule has 2 aliphatic rings. The molecule has 2 heterocycles. The molecule has 0 bridgehead atoms. The number of fused-ring (bicyclic) bond motifs is 1. The molecule has 0 spiro atoms. The Morgan fingerprint density at radius 2 is 1.77 bits per heavy atom. The van der Waals surface area contributed by atoms with Gasteiger partial charge in [-0.05, 0) is 46.5 Å². The molecule has 1 aliphatic carbocycles. The van der Waals surface area contributed by atoms with Gasteiger partial charge in [0.2, 0.25) is 11.8 Å². The molecular weight excluding hydrogens is 441 g/mol. The van der Waals surface area contributed by atoms with Gasteiger partial charge in [0.15, 0.2) is 5.82 Å². The first-order valence-electron chi connectivity index (χ1n) is 8.50. The molecule has 0 unspecified atom stereocenters. The van der Waals surface area contributed by atoms with E-state index in [1.165, 1.54) is 4.90 Å². The Morgan fingerprint density at radius 1 is 1.12 bits per heavy atom. The van der Waals surface area contributed by atoms with E-state index in [9.17, 15) is 9.59 Å². The number of carbonyl (C=O) groups excluding carboxylic acids is 2. The Labute approximate surface area is 169 Å². The van der Waals surface area contributed by atoms with Crippen molar-refractivity contribution in [1.82, 2.24) is 9.78 Å². The summed E-state index contributed by atoms with van der Waals surface area (Å²) in [6.07, 6.45) is 5.31. The highest BCUT2D eigenvalue weighted by molar-refractivity contribution is 9.10. The van der Waals surface area contributed by atoms with Crippen LogP contribution in [-0.2, 0) is 16.1 Å². The topological polar surface area (TPSA) is 55.2 Å². The predicted octanol–water partition coefficient (Wildman–Crippen LogP) is 4.68. The van der Waals surface area contributed by atoms with Crippen molar-refractivity contribution in [3.05, 3.63) is 44.5 Å². The molecule has 136 valence electrons. The molecule has 5 nitrogen and oxygen atoms in total. The van der Waals surface area contributed by atoms with E-state index in [2.05, 4.69) is 21.0 Å². The second-order valence-electron chi connectivity index (χ2n) is 6.74. The number of nitrogens with zero attached hydrogens (tertiary/aromatic N) is 3. The van der Waals surface area contributed by atoms with Crippen molar-refractivity contribution >= 4 is 56.8 Å². The normalized spacial score (nSPS) is 22.8. The van der Waals surface area contributed by atoms with Gasteiger partial charge >= 0.3 is 0 Å². The van der Waals surface area contributed by atoms with Crippen LogP contribution in [0.5, 0.6) is 0 Å². The molecule has 2 fully saturated rings. The molecule has 1 aliphatic heterocycles. The first-order valence-corrected chi connectivity index (χ1v) is 10.1. The summed E-state index contributed by atoms with van der Waals surface area (Å²) < 4.78 is 2.28. The third kappa shape index (κ3) is 3.08. The maximum atomic E-state index is 12.8. The van der Waals surface area contributed by atoms with Crippen molar-refractivity contribution in [3.8, 4) is 0 Å². The number of hydrogen-bond acceptors (Lipinski definition) is 3. The third-order valence-corrected chi connectivity index (χ3v) is 6.25. The fraction of sp³-hybridized carbons (Fsp3) is 0.389. The maximum absolute atomic E-state index is 12.8. The van der Waals surface area contributed by atoms with Crippen molar-refractivity contribution in [2.45, 2.75) is 32.2 Å². The highest BCUT2D eigenvalue weighted by Gasteiger charge is 2.50. The minimum Gasteiger partial charge on any atom is -0.274 e. The number of imide groups is 1. The molecular formula is C18H16BrCl2N3O2. The molecule has 0 N–H and O–H groups in total. The third-order valence-electron chi connectivity index (χ3n) is 5.10. The Bertz CT molecular complexity index is 875. The van der Waals surface area contributed by atoms with Gasteiger partial charge < -0.3 is 0 Å². The number of benzene rings is 1. The molecule has 2 amide bonds. The van der Waals surface area contributed by atoms with Gasteiger partial charge in [0.05, 0.1) is 22.9 Å². The first kappa shape index (κ1) is 18.0. The van der Waals surface area contributed by atoms with E-state index < -0.39 is 0 Å². The van der Waals surface area contributed by atoms with Crippen molar-refractivity contribution in [2.24, 2.45) is 11.8 Å². The summed E-state index contributed by atoms with van der Waals surface area (Å²) in [4.78, 5) is 26.8. The van der Waals surface area contributed by atoms with E-state index in [0.29, 0.717) is 26.9 Å². The highest BCUT2D eigenvalue weighted by atomic mass is 79.9. The highest BCUT2D eigenvalue weighted by Crippen LogP contribution is 2.41. The van der Waals surface area contributed by atoms with Crippen LogP contribution in [0.1, 0.15) is 31.2 Å². The fourth-order valence-electron chi connectivity index (χ4n) is 3.81. The van der Waals surface area contributed by atoms with Crippen LogP contribution in [0, 0.1) is 11.8 Å². The molecule has 26 heavy (non-hydrogen) atoms. The van der Waals surface area contributed by atoms with Gasteiger partial charge in [-0.25, -0.2) is 4.90 Å². The van der Waals surface area contributed by atoms with Gasteiger partial charge in [0.1, 0.15) is 0 Å². The standard InChI is InChI=1S/C18H16BrCl2N3O2/c19-14-9-23(8-10-5-6-11(20)7-15(10)21)22-16(14)24-17(25)12-3-1-2-4-13(12)18(24)26/h5-7,9,12-13H,1-4,8H2/t12-,13-/m1/s1. The van der Waals surface area contributed by atoms with Crippen LogP contribution in [0.15, 0.2) is 28.9 Å². The summed E-state index contributed by atoms with van der Waals surface area (Å²) in [5.74, 6) is -0.289. The van der Waals surface area contributed by atoms with Crippen molar-refractivity contribution in [2.75, 3.05) is 4.90 Å². The lowest BCUT2D eigenvalue weighted by atomic mass is 9.81. The quantitative estimate of drug-likeness (QED) is 0.630. The van der Waals surface area contributed by atoms with Crippen LogP contribution in [-0.4, -0.2) is 21.6 Å². The van der Waals surface area contributed by atoms with Gasteiger partial charge in [0.25, 0.3) is 0 Å². The zero-order valence-electron chi connectivity index (χ0n) is 13.8. The fourth-order valence-corrected chi connectivity index (χ4v) is 4.78. The summed E-state index contributed by atoms with van der Waals surface area (Å²) in [7, 11) is 0. The van der Waals surface area contributed by atoms with Crippen LogP contribution in [0.4, 0.5) is 5.82 Å². The van der Waals surface area contributed by atoms with Gasteiger partial charge in [-0.15, -0.1) is 0 Å². The second-order valence-corrected chi connectivity index (χ2v) is 8.44. The van der Waals surface area contributed by atoms with Crippen LogP contribution in [0.25, 0.3) is 0 Å². The molecule has 1 aromatic heterocycles. The van der Waals surface area contributed by atoms with Crippen molar-refractivity contribution < 1.29 is 9.59 Å². The minimum atomic E-state index is -0.195. The van der Waals surface area contributed by atoms with Gasteiger partial charge in [-0.2, -0.15) is 5.10 Å². The zero-order valence-corrected chi connectivity index (χ0v) is 16.9. The lowest BCUT2D eigenvalue weighted by molar-refractivity contribution is -0.122. The summed E-state index contributed by atoms with van der Waals surface area (Å²) in [5, 5.41) is 5.58. The minimum absolute atomic E-state index is 0.129. The molecule has 4 rings (SSSR count). The molecule has 1 aromatic carbocycles. The van der Waals surface area contributed by atoms with Crippen LogP contribution >= 0.6 is 39.1 Å². The lowest BCUT2D eigenvalue weighted by Gasteiger charge is -2.19. The van der Waals surface area contributed by atoms with Gasteiger partial charge in [0, 0.05) is 16.2 Å². The van der Waals surface area contributed by atoms with E-state index in [4.69, 9.17) is 23.2 Å². The maximum Gasteiger partial charge on any atom is 0.238 e. The van der Waals surface area contributed by atoms with E-state index in [1.54, 1.807) is 23.0 Å². The number of rotatable bonds is 3. The van der Waals surface area contributed by atoms with E-state index >= 15 is 0 Å². The van der Waals surface area contributed by atoms with Crippen molar-refractivity contribution in [3.63, 3.8) is 0 Å². The summed E-state index contributed by atoms with van der Waals surface area (Å²) >= 11 is 15.6. The largest absolute Gasteiger partial charge is 0.274 e. The Hall–Kier alpha value is -1.37. The smallest absolute Gasteiger partial charge is 0.238 e. The lowest BCUT2D eigenvalue weighted by Crippen LogP contribution is -2.31. The number of anilines is 1. The molecule has 2 atom stereocenters. The number of halogens is 3.